The van der Waals surface area contributed by atoms with E-state index in [-0.39, 0.29) is 0 Å². The molecule has 8 heteroatoms. The maximum atomic E-state index is 13.0. The van der Waals surface area contributed by atoms with E-state index < -0.39 is 10.0 Å². The van der Waals surface area contributed by atoms with Crippen molar-refractivity contribution in [3.05, 3.63) is 41.1 Å². The van der Waals surface area contributed by atoms with Gasteiger partial charge in [0.25, 0.3) is 0 Å². The molecular weight excluding hydrogens is 364 g/mol. The second-order valence-corrected chi connectivity index (χ2v) is 8.99. The van der Waals surface area contributed by atoms with E-state index >= 15 is 0 Å². The van der Waals surface area contributed by atoms with E-state index in [1.165, 1.54) is 5.56 Å². The topological polar surface area (TPSA) is 75.6 Å². The third-order valence-electron chi connectivity index (χ3n) is 5.37. The minimum Gasteiger partial charge on any atom is -0.496 e. The Morgan fingerprint density at radius 3 is 2.52 bits per heavy atom. The SMILES string of the molecule is COc1ccc(S(=O)(=O)N2CCN(c3cc4c(nn3)CCC4)CC2)cc1C. The number of aromatic nitrogens is 2. The monoisotopic (exact) mass is 388 g/mol. The highest BCUT2D eigenvalue weighted by Gasteiger charge is 2.29. The molecule has 2 aliphatic rings. The van der Waals surface area contributed by atoms with Crippen LogP contribution < -0.4 is 9.64 Å². The van der Waals surface area contributed by atoms with Crippen molar-refractivity contribution >= 4 is 15.8 Å². The number of fused-ring (bicyclic) bond motifs is 1. The molecule has 27 heavy (non-hydrogen) atoms. The highest BCUT2D eigenvalue weighted by atomic mass is 32.2. The molecule has 0 amide bonds. The van der Waals surface area contributed by atoms with Gasteiger partial charge < -0.3 is 9.64 Å². The number of rotatable bonds is 4. The molecule has 1 fully saturated rings. The maximum absolute atomic E-state index is 13.0. The summed E-state index contributed by atoms with van der Waals surface area (Å²) < 4.78 is 32.7. The van der Waals surface area contributed by atoms with E-state index in [0.29, 0.717) is 36.8 Å². The van der Waals surface area contributed by atoms with Crippen LogP contribution >= 0.6 is 0 Å². The van der Waals surface area contributed by atoms with Gasteiger partial charge in [-0.3, -0.25) is 0 Å². The van der Waals surface area contributed by atoms with Crippen molar-refractivity contribution in [1.82, 2.24) is 14.5 Å². The first-order valence-electron chi connectivity index (χ1n) is 9.24. The van der Waals surface area contributed by atoms with Crippen molar-refractivity contribution in [3.8, 4) is 5.75 Å². The lowest BCUT2D eigenvalue weighted by Crippen LogP contribution is -2.49. The fourth-order valence-electron chi connectivity index (χ4n) is 3.79. The zero-order valence-electron chi connectivity index (χ0n) is 15.7. The predicted molar refractivity (Wildman–Crippen MR) is 103 cm³/mol. The Hall–Kier alpha value is -2.19. The summed E-state index contributed by atoms with van der Waals surface area (Å²) in [6, 6.07) is 7.11. The highest BCUT2D eigenvalue weighted by molar-refractivity contribution is 7.89. The van der Waals surface area contributed by atoms with Gasteiger partial charge in [0.05, 0.1) is 17.7 Å². The number of hydrogen-bond donors (Lipinski definition) is 0. The van der Waals surface area contributed by atoms with E-state index in [2.05, 4.69) is 21.2 Å². The van der Waals surface area contributed by atoms with Gasteiger partial charge in [0, 0.05) is 26.2 Å². The second kappa shape index (κ2) is 7.09. The van der Waals surface area contributed by atoms with Crippen LogP contribution in [-0.4, -0.2) is 56.2 Å². The normalized spacial score (nSPS) is 17.8. The first-order chi connectivity index (χ1) is 13.0. The van der Waals surface area contributed by atoms with Crippen molar-refractivity contribution in [1.29, 1.82) is 0 Å². The Morgan fingerprint density at radius 1 is 1.04 bits per heavy atom. The molecule has 2 aromatic rings. The van der Waals surface area contributed by atoms with E-state index in [1.807, 2.05) is 6.92 Å². The summed E-state index contributed by atoms with van der Waals surface area (Å²) in [6.07, 6.45) is 3.21. The quantitative estimate of drug-likeness (QED) is 0.795. The van der Waals surface area contributed by atoms with Gasteiger partial charge in [0.15, 0.2) is 5.82 Å². The lowest BCUT2D eigenvalue weighted by molar-refractivity contribution is 0.383. The predicted octanol–water partition coefficient (Wildman–Crippen LogP) is 1.79. The van der Waals surface area contributed by atoms with Crippen LogP contribution in [0.1, 0.15) is 23.2 Å². The Labute approximate surface area is 160 Å². The number of nitrogens with zero attached hydrogens (tertiary/aromatic N) is 4. The highest BCUT2D eigenvalue weighted by Crippen LogP contribution is 2.26. The zero-order chi connectivity index (χ0) is 19.0. The van der Waals surface area contributed by atoms with Gasteiger partial charge in [-0.2, -0.15) is 9.40 Å². The lowest BCUT2D eigenvalue weighted by Gasteiger charge is -2.34. The Balaban J connectivity index is 1.47. The molecule has 1 aromatic carbocycles. The summed E-state index contributed by atoms with van der Waals surface area (Å²) in [7, 11) is -1.93. The van der Waals surface area contributed by atoms with Crippen LogP contribution in [0.25, 0.3) is 0 Å². The molecule has 0 N–H and O–H groups in total. The zero-order valence-corrected chi connectivity index (χ0v) is 16.5. The number of sulfonamides is 1. The van der Waals surface area contributed by atoms with Crippen LogP contribution in [0.5, 0.6) is 5.75 Å². The Kier molecular flexibility index (Phi) is 4.77. The molecule has 1 saturated heterocycles. The van der Waals surface area contributed by atoms with Gasteiger partial charge in [-0.15, -0.1) is 5.10 Å². The average molecular weight is 388 g/mol. The summed E-state index contributed by atoms with van der Waals surface area (Å²) in [4.78, 5) is 2.43. The van der Waals surface area contributed by atoms with Crippen LogP contribution in [0, 0.1) is 6.92 Å². The molecule has 1 aliphatic carbocycles. The standard InChI is InChI=1S/C19H24N4O3S/c1-14-12-16(6-7-18(14)26-2)27(24,25)23-10-8-22(9-11-23)19-13-15-4-3-5-17(15)20-21-19/h6-7,12-13H,3-5,8-11H2,1-2H3. The first kappa shape index (κ1) is 18.2. The number of ether oxygens (including phenoxy) is 1. The Bertz CT molecular complexity index is 953. The van der Waals surface area contributed by atoms with E-state index in [0.717, 1.165) is 36.3 Å². The fourth-order valence-corrected chi connectivity index (χ4v) is 5.30. The minimum atomic E-state index is -3.51. The lowest BCUT2D eigenvalue weighted by atomic mass is 10.2. The molecule has 0 spiro atoms. The van der Waals surface area contributed by atoms with Crippen LogP contribution in [0.2, 0.25) is 0 Å². The molecule has 0 saturated carbocycles. The van der Waals surface area contributed by atoms with E-state index in [1.54, 1.807) is 29.6 Å². The summed E-state index contributed by atoms with van der Waals surface area (Å²) in [5.41, 5.74) is 3.20. The second-order valence-electron chi connectivity index (χ2n) is 7.05. The van der Waals surface area contributed by atoms with Crippen LogP contribution in [0.3, 0.4) is 0 Å². The third-order valence-corrected chi connectivity index (χ3v) is 7.27. The summed E-state index contributed by atoms with van der Waals surface area (Å²) in [6.45, 7) is 3.95. The van der Waals surface area contributed by atoms with Gasteiger partial charge >= 0.3 is 0 Å². The largest absolute Gasteiger partial charge is 0.496 e. The number of aryl methyl sites for hydroxylation is 3. The molecule has 1 aromatic heterocycles. The molecular formula is C19H24N4O3S. The van der Waals surface area contributed by atoms with Crippen molar-refractivity contribution in [2.45, 2.75) is 31.1 Å². The molecule has 2 heterocycles. The van der Waals surface area contributed by atoms with Gasteiger partial charge in [-0.1, -0.05) is 0 Å². The van der Waals surface area contributed by atoms with Gasteiger partial charge in [0.1, 0.15) is 5.75 Å². The summed E-state index contributed by atoms with van der Waals surface area (Å²) in [5.74, 6) is 1.54. The van der Waals surface area contributed by atoms with Crippen molar-refractivity contribution < 1.29 is 13.2 Å². The molecule has 0 unspecified atom stereocenters. The molecule has 7 nitrogen and oxygen atoms in total. The fraction of sp³-hybridized carbons (Fsp3) is 0.474. The van der Waals surface area contributed by atoms with Crippen LogP contribution in [0.4, 0.5) is 5.82 Å². The number of benzene rings is 1. The van der Waals surface area contributed by atoms with Crippen molar-refractivity contribution in [3.63, 3.8) is 0 Å². The Morgan fingerprint density at radius 2 is 1.81 bits per heavy atom. The van der Waals surface area contributed by atoms with E-state index in [9.17, 15) is 8.42 Å². The molecule has 0 atom stereocenters. The van der Waals surface area contributed by atoms with Gasteiger partial charge in [-0.05, 0) is 61.6 Å². The smallest absolute Gasteiger partial charge is 0.243 e. The molecule has 1 aliphatic heterocycles. The van der Waals surface area contributed by atoms with Crippen LogP contribution in [-0.2, 0) is 22.9 Å². The third kappa shape index (κ3) is 3.39. The average Bonchev–Trinajstić information content (AvgIpc) is 3.16. The van der Waals surface area contributed by atoms with E-state index in [4.69, 9.17) is 4.74 Å². The maximum Gasteiger partial charge on any atom is 0.243 e. The molecule has 0 radical (unpaired) electrons. The summed E-state index contributed by atoms with van der Waals surface area (Å²) in [5, 5.41) is 8.68. The minimum absolute atomic E-state index is 0.312. The number of methoxy groups -OCH3 is 1. The number of hydrogen-bond acceptors (Lipinski definition) is 6. The van der Waals surface area contributed by atoms with Gasteiger partial charge in [0.2, 0.25) is 10.0 Å². The molecule has 0 bridgehead atoms. The van der Waals surface area contributed by atoms with Crippen LogP contribution in [0.15, 0.2) is 29.2 Å². The number of piperazine rings is 1. The first-order valence-corrected chi connectivity index (χ1v) is 10.7. The van der Waals surface area contributed by atoms with Gasteiger partial charge in [-0.25, -0.2) is 8.42 Å². The van der Waals surface area contributed by atoms with Crippen molar-refractivity contribution in [2.75, 3.05) is 38.2 Å². The molecule has 4 rings (SSSR count). The number of anilines is 1. The summed E-state index contributed by atoms with van der Waals surface area (Å²) >= 11 is 0. The molecule has 144 valence electrons. The van der Waals surface area contributed by atoms with Crippen molar-refractivity contribution in [2.24, 2.45) is 0 Å².